The highest BCUT2D eigenvalue weighted by Crippen LogP contribution is 2.34. The van der Waals surface area contributed by atoms with Crippen molar-refractivity contribution in [3.63, 3.8) is 0 Å². The molecule has 1 nitrogen and oxygen atoms in total. The van der Waals surface area contributed by atoms with Crippen molar-refractivity contribution in [3.05, 3.63) is 47.0 Å². The lowest BCUT2D eigenvalue weighted by Gasteiger charge is -2.28. The second kappa shape index (κ2) is 9.31. The summed E-state index contributed by atoms with van der Waals surface area (Å²) in [6.45, 7) is 2.26. The van der Waals surface area contributed by atoms with Crippen LogP contribution in [0.25, 0.3) is 10.8 Å². The van der Waals surface area contributed by atoms with Gasteiger partial charge in [-0.2, -0.15) is 5.26 Å². The Morgan fingerprint density at radius 1 is 1.00 bits per heavy atom. The Morgan fingerprint density at radius 2 is 1.70 bits per heavy atom. The molecule has 0 amide bonds. The Balaban J connectivity index is 1.56. The van der Waals surface area contributed by atoms with Crippen molar-refractivity contribution in [1.29, 1.82) is 5.26 Å². The maximum atomic E-state index is 14.2. The smallest absolute Gasteiger partial charge is 0.151 e. The van der Waals surface area contributed by atoms with Crippen molar-refractivity contribution in [2.45, 2.75) is 71.1 Å². The van der Waals surface area contributed by atoms with Crippen molar-refractivity contribution in [1.82, 2.24) is 0 Å². The van der Waals surface area contributed by atoms with E-state index in [1.54, 1.807) is 12.1 Å². The van der Waals surface area contributed by atoms with E-state index in [-0.39, 0.29) is 0 Å². The van der Waals surface area contributed by atoms with Gasteiger partial charge < -0.3 is 0 Å². The molecule has 0 spiro atoms. The predicted molar refractivity (Wildman–Crippen MR) is 106 cm³/mol. The molecule has 27 heavy (non-hydrogen) atoms. The molecular weight excluding hydrogens is 340 g/mol. The van der Waals surface area contributed by atoms with E-state index in [9.17, 15) is 8.78 Å². The number of rotatable bonds is 7. The molecule has 1 aliphatic carbocycles. The fourth-order valence-electron chi connectivity index (χ4n) is 4.50. The van der Waals surface area contributed by atoms with Crippen LogP contribution in [0.15, 0.2) is 24.3 Å². The highest BCUT2D eigenvalue weighted by molar-refractivity contribution is 5.85. The maximum absolute atomic E-state index is 14.2. The van der Waals surface area contributed by atoms with E-state index < -0.39 is 17.2 Å². The predicted octanol–water partition coefficient (Wildman–Crippen LogP) is 7.31. The first kappa shape index (κ1) is 19.8. The Bertz CT molecular complexity index is 813. The van der Waals surface area contributed by atoms with Gasteiger partial charge in [-0.15, -0.1) is 0 Å². The van der Waals surface area contributed by atoms with Gasteiger partial charge in [0.15, 0.2) is 5.82 Å². The third-order valence-electron chi connectivity index (χ3n) is 6.23. The zero-order chi connectivity index (χ0) is 19.2. The van der Waals surface area contributed by atoms with Gasteiger partial charge in [-0.1, -0.05) is 76.5 Å². The zero-order valence-electron chi connectivity index (χ0n) is 16.2. The number of unbranched alkanes of at least 4 members (excludes halogenated alkanes) is 2. The summed E-state index contributed by atoms with van der Waals surface area (Å²) in [7, 11) is 0. The molecule has 0 unspecified atom stereocenters. The molecule has 0 bridgehead atoms. The summed E-state index contributed by atoms with van der Waals surface area (Å²) < 4.78 is 28.1. The summed E-state index contributed by atoms with van der Waals surface area (Å²) in [5.41, 5.74) is 0.627. The van der Waals surface area contributed by atoms with Crippen molar-refractivity contribution < 1.29 is 8.78 Å². The number of fused-ring (bicyclic) bond motifs is 1. The van der Waals surface area contributed by atoms with E-state index in [2.05, 4.69) is 6.92 Å². The summed E-state index contributed by atoms with van der Waals surface area (Å²) >= 11 is 0. The van der Waals surface area contributed by atoms with Gasteiger partial charge >= 0.3 is 0 Å². The lowest BCUT2D eigenvalue weighted by molar-refractivity contribution is 0.249. The molecule has 3 rings (SSSR count). The number of hydrogen-bond donors (Lipinski definition) is 0. The maximum Gasteiger partial charge on any atom is 0.151 e. The van der Waals surface area contributed by atoms with E-state index >= 15 is 0 Å². The van der Waals surface area contributed by atoms with Gasteiger partial charge in [-0.25, -0.2) is 8.78 Å². The highest BCUT2D eigenvalue weighted by atomic mass is 19.1. The second-order valence-electron chi connectivity index (χ2n) is 8.14. The van der Waals surface area contributed by atoms with Crippen molar-refractivity contribution in [2.24, 2.45) is 11.8 Å². The van der Waals surface area contributed by atoms with Crippen LogP contribution in [0.3, 0.4) is 0 Å². The molecule has 0 heterocycles. The molecule has 0 atom stereocenters. The fraction of sp³-hybridized carbons (Fsp3) is 0.542. The molecule has 1 fully saturated rings. The van der Waals surface area contributed by atoms with Crippen LogP contribution in [0.2, 0.25) is 0 Å². The van der Waals surface area contributed by atoms with Gasteiger partial charge in [0.2, 0.25) is 0 Å². The normalized spacial score (nSPS) is 19.9. The number of nitrogens with zero attached hydrogens (tertiary/aromatic N) is 1. The van der Waals surface area contributed by atoms with Crippen LogP contribution in [0.5, 0.6) is 0 Å². The topological polar surface area (TPSA) is 23.8 Å². The number of hydrogen-bond acceptors (Lipinski definition) is 1. The third-order valence-corrected chi connectivity index (χ3v) is 6.23. The molecule has 1 saturated carbocycles. The van der Waals surface area contributed by atoms with Gasteiger partial charge in [0.25, 0.3) is 0 Å². The first-order valence-electron chi connectivity index (χ1n) is 10.4. The lowest BCUT2D eigenvalue weighted by Crippen LogP contribution is -2.15. The van der Waals surface area contributed by atoms with Crippen LogP contribution in [0.4, 0.5) is 8.78 Å². The van der Waals surface area contributed by atoms with Gasteiger partial charge in [-0.05, 0) is 41.7 Å². The van der Waals surface area contributed by atoms with Gasteiger partial charge in [-0.3, -0.25) is 0 Å². The summed E-state index contributed by atoms with van der Waals surface area (Å²) in [6, 6.07) is 8.36. The number of benzene rings is 2. The average Bonchev–Trinajstić information content (AvgIpc) is 2.67. The van der Waals surface area contributed by atoms with Gasteiger partial charge in [0, 0.05) is 5.39 Å². The summed E-state index contributed by atoms with van der Waals surface area (Å²) in [5, 5.41) is 9.76. The molecule has 0 radical (unpaired) electrons. The largest absolute Gasteiger partial charge is 0.205 e. The Hall–Kier alpha value is -1.95. The molecule has 2 aromatic carbocycles. The Morgan fingerprint density at radius 3 is 2.37 bits per heavy atom. The van der Waals surface area contributed by atoms with E-state index in [4.69, 9.17) is 5.26 Å². The summed E-state index contributed by atoms with van der Waals surface area (Å²) in [6.07, 6.45) is 12.9. The van der Waals surface area contributed by atoms with Crippen molar-refractivity contribution in [2.75, 3.05) is 0 Å². The monoisotopic (exact) mass is 369 g/mol. The lowest BCUT2D eigenvalue weighted by atomic mass is 9.77. The Labute approximate surface area is 161 Å². The van der Waals surface area contributed by atoms with Crippen LogP contribution < -0.4 is 0 Å². The molecule has 0 saturated heterocycles. The number of nitriles is 1. The SMILES string of the molecule is CCCCCC1CCC(CCc2ccc3c(F)c(C#N)c(F)cc3c2)CC1. The van der Waals surface area contributed by atoms with Gasteiger partial charge in [0.05, 0.1) is 0 Å². The molecule has 2 aromatic rings. The molecule has 0 aromatic heterocycles. The summed E-state index contributed by atoms with van der Waals surface area (Å²) in [5.74, 6) is 0.174. The average molecular weight is 369 g/mol. The minimum atomic E-state index is -0.777. The minimum Gasteiger partial charge on any atom is -0.205 e. The molecule has 0 N–H and O–H groups in total. The first-order valence-corrected chi connectivity index (χ1v) is 10.4. The van der Waals surface area contributed by atoms with E-state index in [1.165, 1.54) is 57.4 Å². The molecular formula is C24H29F2N. The van der Waals surface area contributed by atoms with E-state index in [0.29, 0.717) is 10.8 Å². The quantitative estimate of drug-likeness (QED) is 0.469. The molecule has 1 aliphatic rings. The van der Waals surface area contributed by atoms with Crippen LogP contribution in [0.1, 0.15) is 75.8 Å². The van der Waals surface area contributed by atoms with Crippen molar-refractivity contribution >= 4 is 10.8 Å². The van der Waals surface area contributed by atoms with E-state index in [1.807, 2.05) is 12.1 Å². The number of halogens is 2. The fourth-order valence-corrected chi connectivity index (χ4v) is 4.50. The number of aryl methyl sites for hydroxylation is 1. The first-order chi connectivity index (χ1) is 13.1. The standard InChI is InChI=1S/C24H29F2N/c1-2-3-4-5-17-6-8-18(9-7-17)10-11-19-12-13-21-20(14-19)15-23(25)22(16-27)24(21)26/h12-15,17-18H,2-11H2,1H3. The second-order valence-corrected chi connectivity index (χ2v) is 8.14. The van der Waals surface area contributed by atoms with Gasteiger partial charge in [0.1, 0.15) is 17.4 Å². The summed E-state index contributed by atoms with van der Waals surface area (Å²) in [4.78, 5) is 0. The van der Waals surface area contributed by atoms with Crippen LogP contribution in [0, 0.1) is 34.8 Å². The van der Waals surface area contributed by atoms with Crippen molar-refractivity contribution in [3.8, 4) is 6.07 Å². The highest BCUT2D eigenvalue weighted by Gasteiger charge is 2.21. The van der Waals surface area contributed by atoms with Crippen LogP contribution >= 0.6 is 0 Å². The van der Waals surface area contributed by atoms with E-state index in [0.717, 1.165) is 30.2 Å². The zero-order valence-corrected chi connectivity index (χ0v) is 16.2. The Kier molecular flexibility index (Phi) is 6.83. The van der Waals surface area contributed by atoms with Crippen LogP contribution in [-0.4, -0.2) is 0 Å². The van der Waals surface area contributed by atoms with Crippen LogP contribution in [-0.2, 0) is 6.42 Å². The molecule has 0 aliphatic heterocycles. The minimum absolute atomic E-state index is 0.323. The third kappa shape index (κ3) is 4.86. The molecule has 144 valence electrons. The molecule has 3 heteroatoms.